The van der Waals surface area contributed by atoms with Crippen LogP contribution in [0.2, 0.25) is 0 Å². The van der Waals surface area contributed by atoms with Crippen LogP contribution in [0, 0.1) is 5.92 Å². The molecule has 0 spiro atoms. The average Bonchev–Trinajstić information content (AvgIpc) is 2.70. The van der Waals surface area contributed by atoms with E-state index in [1.54, 1.807) is 6.92 Å². The number of likely N-dealkylation sites (tertiary alicyclic amines) is 1. The fourth-order valence-electron chi connectivity index (χ4n) is 3.63. The lowest BCUT2D eigenvalue weighted by atomic mass is 9.95. The molecule has 1 saturated heterocycles. The average molecular weight is 302 g/mol. The zero-order chi connectivity index (χ0) is 15.4. The summed E-state index contributed by atoms with van der Waals surface area (Å²) in [5.41, 5.74) is 1.35. The van der Waals surface area contributed by atoms with E-state index < -0.39 is 0 Å². The number of ether oxygens (including phenoxy) is 1. The zero-order valence-corrected chi connectivity index (χ0v) is 13.4. The van der Waals surface area contributed by atoms with Gasteiger partial charge in [-0.15, -0.1) is 0 Å². The molecular formula is C18H26N2O2. The zero-order valence-electron chi connectivity index (χ0n) is 13.4. The Morgan fingerprint density at radius 1 is 1.27 bits per heavy atom. The first-order valence-electron chi connectivity index (χ1n) is 8.41. The largest absolute Gasteiger partial charge is 0.493 e. The van der Waals surface area contributed by atoms with Gasteiger partial charge in [0.15, 0.2) is 0 Å². The number of carbonyl (C=O) groups excluding carboxylic acids is 1. The Hall–Kier alpha value is -1.55. The molecule has 0 saturated carbocycles. The molecule has 1 aromatic rings. The highest BCUT2D eigenvalue weighted by Gasteiger charge is 2.24. The van der Waals surface area contributed by atoms with E-state index >= 15 is 0 Å². The lowest BCUT2D eigenvalue weighted by Crippen LogP contribution is -2.45. The van der Waals surface area contributed by atoms with Crippen molar-refractivity contribution in [2.24, 2.45) is 5.92 Å². The molecule has 120 valence electrons. The molecule has 22 heavy (non-hydrogen) atoms. The predicted octanol–water partition coefficient (Wildman–Crippen LogP) is 2.23. The summed E-state index contributed by atoms with van der Waals surface area (Å²) in [6.45, 7) is 5.75. The van der Waals surface area contributed by atoms with Crippen LogP contribution in [-0.2, 0) is 11.2 Å². The van der Waals surface area contributed by atoms with Crippen LogP contribution in [0.25, 0.3) is 0 Å². The van der Waals surface area contributed by atoms with E-state index in [4.69, 9.17) is 4.74 Å². The third kappa shape index (κ3) is 4.01. The van der Waals surface area contributed by atoms with E-state index in [1.807, 2.05) is 6.07 Å². The molecule has 1 N–H and O–H groups in total. The molecule has 0 bridgehead atoms. The van der Waals surface area contributed by atoms with Crippen LogP contribution >= 0.6 is 0 Å². The molecule has 1 amide bonds. The van der Waals surface area contributed by atoms with Crippen molar-refractivity contribution in [3.63, 3.8) is 0 Å². The Labute approximate surface area is 132 Å². The van der Waals surface area contributed by atoms with Crippen molar-refractivity contribution in [1.82, 2.24) is 10.2 Å². The molecule has 4 nitrogen and oxygen atoms in total. The number of fused-ring (bicyclic) bond motifs is 1. The maximum Gasteiger partial charge on any atom is 0.217 e. The highest BCUT2D eigenvalue weighted by atomic mass is 16.5. The number of hydrogen-bond donors (Lipinski definition) is 1. The standard InChI is InChI=1S/C18H26N2O2/c1-14(21)19-17-6-9-20(10-7-17)13-15-8-11-22-18-5-3-2-4-16(18)12-15/h2-5,15,17H,6-13H2,1H3,(H,19,21). The molecule has 1 unspecified atom stereocenters. The molecular weight excluding hydrogens is 276 g/mol. The van der Waals surface area contributed by atoms with Gasteiger partial charge >= 0.3 is 0 Å². The van der Waals surface area contributed by atoms with E-state index in [2.05, 4.69) is 28.4 Å². The lowest BCUT2D eigenvalue weighted by molar-refractivity contribution is -0.119. The van der Waals surface area contributed by atoms with Crippen molar-refractivity contribution in [3.05, 3.63) is 29.8 Å². The van der Waals surface area contributed by atoms with Gasteiger partial charge in [0, 0.05) is 32.6 Å². The Morgan fingerprint density at radius 2 is 2.05 bits per heavy atom. The summed E-state index contributed by atoms with van der Waals surface area (Å²) in [6, 6.07) is 8.79. The second-order valence-electron chi connectivity index (χ2n) is 6.59. The minimum atomic E-state index is 0.0935. The van der Waals surface area contributed by atoms with Crippen molar-refractivity contribution >= 4 is 5.91 Å². The van der Waals surface area contributed by atoms with Crippen LogP contribution in [0.15, 0.2) is 24.3 Å². The number of carbonyl (C=O) groups is 1. The van der Waals surface area contributed by atoms with E-state index in [0.717, 1.165) is 57.7 Å². The van der Waals surface area contributed by atoms with Gasteiger partial charge < -0.3 is 15.0 Å². The number of benzene rings is 1. The third-order valence-electron chi connectivity index (χ3n) is 4.78. The van der Waals surface area contributed by atoms with Crippen molar-refractivity contribution < 1.29 is 9.53 Å². The number of para-hydroxylation sites is 1. The summed E-state index contributed by atoms with van der Waals surface area (Å²) in [5.74, 6) is 1.83. The smallest absolute Gasteiger partial charge is 0.217 e. The first-order chi connectivity index (χ1) is 10.7. The summed E-state index contributed by atoms with van der Waals surface area (Å²) in [4.78, 5) is 13.7. The summed E-state index contributed by atoms with van der Waals surface area (Å²) in [7, 11) is 0. The van der Waals surface area contributed by atoms with E-state index in [1.165, 1.54) is 5.56 Å². The van der Waals surface area contributed by atoms with Crippen LogP contribution in [0.4, 0.5) is 0 Å². The fourth-order valence-corrected chi connectivity index (χ4v) is 3.63. The van der Waals surface area contributed by atoms with E-state index in [-0.39, 0.29) is 5.91 Å². The molecule has 0 radical (unpaired) electrons. The quantitative estimate of drug-likeness (QED) is 0.931. The van der Waals surface area contributed by atoms with Gasteiger partial charge in [0.05, 0.1) is 6.61 Å². The fraction of sp³-hybridized carbons (Fsp3) is 0.611. The van der Waals surface area contributed by atoms with Gasteiger partial charge in [-0.05, 0) is 43.2 Å². The number of rotatable bonds is 3. The van der Waals surface area contributed by atoms with Gasteiger partial charge in [0.25, 0.3) is 0 Å². The highest BCUT2D eigenvalue weighted by Crippen LogP contribution is 2.27. The minimum Gasteiger partial charge on any atom is -0.493 e. The van der Waals surface area contributed by atoms with Gasteiger partial charge in [-0.1, -0.05) is 18.2 Å². The second kappa shape index (κ2) is 7.14. The first kappa shape index (κ1) is 15.3. The second-order valence-corrected chi connectivity index (χ2v) is 6.59. The van der Waals surface area contributed by atoms with Gasteiger partial charge in [-0.3, -0.25) is 4.79 Å². The molecule has 2 heterocycles. The predicted molar refractivity (Wildman–Crippen MR) is 87.0 cm³/mol. The molecule has 0 aromatic heterocycles. The maximum absolute atomic E-state index is 11.1. The van der Waals surface area contributed by atoms with Crippen molar-refractivity contribution in [2.75, 3.05) is 26.2 Å². The highest BCUT2D eigenvalue weighted by molar-refractivity contribution is 5.73. The molecule has 3 rings (SSSR count). The number of nitrogens with one attached hydrogen (secondary N) is 1. The monoisotopic (exact) mass is 302 g/mol. The summed E-state index contributed by atoms with van der Waals surface area (Å²) < 4.78 is 5.86. The van der Waals surface area contributed by atoms with Crippen LogP contribution in [-0.4, -0.2) is 43.1 Å². The number of amides is 1. The summed E-state index contributed by atoms with van der Waals surface area (Å²) >= 11 is 0. The van der Waals surface area contributed by atoms with E-state index in [0.29, 0.717) is 12.0 Å². The maximum atomic E-state index is 11.1. The van der Waals surface area contributed by atoms with Crippen molar-refractivity contribution in [2.45, 2.75) is 38.6 Å². The number of hydrogen-bond acceptors (Lipinski definition) is 3. The SMILES string of the molecule is CC(=O)NC1CCN(CC2CCOc3ccccc3C2)CC1. The lowest BCUT2D eigenvalue weighted by Gasteiger charge is -2.34. The molecule has 1 atom stereocenters. The number of piperidine rings is 1. The van der Waals surface area contributed by atoms with Crippen LogP contribution < -0.4 is 10.1 Å². The summed E-state index contributed by atoms with van der Waals surface area (Å²) in [6.07, 6.45) is 4.38. The van der Waals surface area contributed by atoms with Gasteiger partial charge in [0.2, 0.25) is 5.91 Å². The van der Waals surface area contributed by atoms with Crippen LogP contribution in [0.3, 0.4) is 0 Å². The van der Waals surface area contributed by atoms with Gasteiger partial charge in [0.1, 0.15) is 5.75 Å². The third-order valence-corrected chi connectivity index (χ3v) is 4.78. The molecule has 4 heteroatoms. The first-order valence-corrected chi connectivity index (χ1v) is 8.41. The van der Waals surface area contributed by atoms with Gasteiger partial charge in [-0.2, -0.15) is 0 Å². The Kier molecular flexibility index (Phi) is 4.98. The van der Waals surface area contributed by atoms with E-state index in [9.17, 15) is 4.79 Å². The number of nitrogens with zero attached hydrogens (tertiary/aromatic N) is 1. The minimum absolute atomic E-state index is 0.0935. The van der Waals surface area contributed by atoms with Crippen LogP contribution in [0.5, 0.6) is 5.75 Å². The molecule has 0 aliphatic carbocycles. The topological polar surface area (TPSA) is 41.6 Å². The Morgan fingerprint density at radius 3 is 2.82 bits per heavy atom. The Bertz CT molecular complexity index is 510. The summed E-state index contributed by atoms with van der Waals surface area (Å²) in [5, 5.41) is 3.04. The van der Waals surface area contributed by atoms with Crippen molar-refractivity contribution in [3.8, 4) is 5.75 Å². The normalized spacial score (nSPS) is 23.2. The molecule has 2 aliphatic rings. The molecule has 1 fully saturated rings. The van der Waals surface area contributed by atoms with Crippen LogP contribution in [0.1, 0.15) is 31.7 Å². The van der Waals surface area contributed by atoms with Gasteiger partial charge in [-0.25, -0.2) is 0 Å². The molecule has 1 aromatic carbocycles. The Balaban J connectivity index is 1.51. The molecule has 2 aliphatic heterocycles. The van der Waals surface area contributed by atoms with Crippen molar-refractivity contribution in [1.29, 1.82) is 0 Å².